The van der Waals surface area contributed by atoms with Crippen molar-refractivity contribution in [3.8, 4) is 5.75 Å². The number of carboxylic acids is 1. The van der Waals surface area contributed by atoms with Crippen molar-refractivity contribution in [2.75, 3.05) is 0 Å². The third-order valence-corrected chi connectivity index (χ3v) is 3.29. The summed E-state index contributed by atoms with van der Waals surface area (Å²) >= 11 is 0. The molecule has 0 aliphatic rings. The van der Waals surface area contributed by atoms with Gasteiger partial charge in [-0.15, -0.1) is 0 Å². The highest BCUT2D eigenvalue weighted by Crippen LogP contribution is 2.25. The molecule has 0 saturated heterocycles. The van der Waals surface area contributed by atoms with Gasteiger partial charge in [0.2, 0.25) is 0 Å². The number of benzene rings is 3. The van der Waals surface area contributed by atoms with Crippen molar-refractivity contribution in [1.29, 1.82) is 0 Å². The predicted molar refractivity (Wildman–Crippen MR) is 78.8 cm³/mol. The van der Waals surface area contributed by atoms with Gasteiger partial charge in [0.15, 0.2) is 6.10 Å². The fourth-order valence-electron chi connectivity index (χ4n) is 2.26. The van der Waals surface area contributed by atoms with E-state index in [0.29, 0.717) is 11.3 Å². The molecule has 0 saturated carbocycles. The van der Waals surface area contributed by atoms with Crippen molar-refractivity contribution in [3.63, 3.8) is 0 Å². The van der Waals surface area contributed by atoms with Crippen molar-refractivity contribution >= 4 is 16.7 Å². The smallest absolute Gasteiger partial charge is 0.163 e. The molecular formula is C18H13O3-. The Morgan fingerprint density at radius 1 is 0.857 bits per heavy atom. The lowest BCUT2D eigenvalue weighted by Gasteiger charge is -2.20. The monoisotopic (exact) mass is 277 g/mol. The maximum absolute atomic E-state index is 11.3. The Balaban J connectivity index is 1.93. The highest BCUT2D eigenvalue weighted by atomic mass is 16.5. The van der Waals surface area contributed by atoms with Gasteiger partial charge in [0.1, 0.15) is 5.75 Å². The number of ether oxygens (including phenoxy) is 1. The molecule has 0 unspecified atom stereocenters. The first-order chi connectivity index (χ1) is 10.2. The van der Waals surface area contributed by atoms with Gasteiger partial charge in [-0.2, -0.15) is 0 Å². The first kappa shape index (κ1) is 13.2. The molecule has 0 fully saturated rings. The van der Waals surface area contributed by atoms with E-state index >= 15 is 0 Å². The minimum Gasteiger partial charge on any atom is -0.546 e. The molecule has 0 amide bonds. The van der Waals surface area contributed by atoms with Crippen molar-refractivity contribution in [2.24, 2.45) is 0 Å². The fourth-order valence-corrected chi connectivity index (χ4v) is 2.26. The van der Waals surface area contributed by atoms with Crippen molar-refractivity contribution in [2.45, 2.75) is 6.10 Å². The van der Waals surface area contributed by atoms with Crippen LogP contribution in [0.15, 0.2) is 72.8 Å². The summed E-state index contributed by atoms with van der Waals surface area (Å²) in [5.74, 6) is -0.749. The zero-order valence-corrected chi connectivity index (χ0v) is 11.2. The second-order valence-electron chi connectivity index (χ2n) is 4.74. The molecule has 0 aliphatic carbocycles. The van der Waals surface area contributed by atoms with E-state index < -0.39 is 12.1 Å². The van der Waals surface area contributed by atoms with Crippen LogP contribution in [-0.4, -0.2) is 5.97 Å². The van der Waals surface area contributed by atoms with Crippen LogP contribution in [0.1, 0.15) is 11.7 Å². The van der Waals surface area contributed by atoms with Gasteiger partial charge in [-0.05, 0) is 28.5 Å². The number of carboxylic acid groups (broad SMARTS) is 1. The lowest BCUT2D eigenvalue weighted by Crippen LogP contribution is -2.33. The number of hydrogen-bond acceptors (Lipinski definition) is 3. The zero-order valence-electron chi connectivity index (χ0n) is 11.2. The number of carbonyl (C=O) groups is 1. The number of carbonyl (C=O) groups excluding carboxylic acids is 1. The third kappa shape index (κ3) is 2.87. The molecule has 0 radical (unpaired) electrons. The minimum absolute atomic E-state index is 0.506. The predicted octanol–water partition coefficient (Wildman–Crippen LogP) is 2.71. The second-order valence-corrected chi connectivity index (χ2v) is 4.74. The van der Waals surface area contributed by atoms with Crippen molar-refractivity contribution in [1.82, 2.24) is 0 Å². The Hall–Kier alpha value is -2.81. The van der Waals surface area contributed by atoms with Crippen LogP contribution in [0.3, 0.4) is 0 Å². The molecule has 3 rings (SSSR count). The van der Waals surface area contributed by atoms with Gasteiger partial charge in [-0.3, -0.25) is 0 Å². The van der Waals surface area contributed by atoms with E-state index in [9.17, 15) is 9.90 Å². The quantitative estimate of drug-likeness (QED) is 0.736. The Kier molecular flexibility index (Phi) is 3.56. The summed E-state index contributed by atoms with van der Waals surface area (Å²) in [6.07, 6.45) is -1.12. The van der Waals surface area contributed by atoms with Crippen LogP contribution in [0.5, 0.6) is 5.75 Å². The molecule has 1 atom stereocenters. The Morgan fingerprint density at radius 2 is 1.52 bits per heavy atom. The number of aliphatic carboxylic acids is 1. The number of hydrogen-bond donors (Lipinski definition) is 0. The standard InChI is InChI=1S/C18H14O3/c19-18(20)17(14-7-2-1-3-8-14)21-16-11-10-13-6-4-5-9-15(13)12-16/h1-12,17H,(H,19,20)/p-1/t17-/m1/s1. The van der Waals surface area contributed by atoms with E-state index in [2.05, 4.69) is 0 Å². The van der Waals surface area contributed by atoms with Gasteiger partial charge in [0.05, 0.1) is 5.97 Å². The molecule has 21 heavy (non-hydrogen) atoms. The third-order valence-electron chi connectivity index (χ3n) is 3.29. The largest absolute Gasteiger partial charge is 0.546 e. The molecule has 0 N–H and O–H groups in total. The molecule has 0 aliphatic heterocycles. The molecule has 0 aromatic heterocycles. The van der Waals surface area contributed by atoms with Crippen LogP contribution in [0.25, 0.3) is 10.8 Å². The molecule has 3 nitrogen and oxygen atoms in total. The Labute approximate surface area is 122 Å². The highest BCUT2D eigenvalue weighted by Gasteiger charge is 2.14. The van der Waals surface area contributed by atoms with Crippen LogP contribution < -0.4 is 9.84 Å². The maximum atomic E-state index is 11.3. The molecule has 0 spiro atoms. The van der Waals surface area contributed by atoms with Gasteiger partial charge < -0.3 is 14.6 Å². The van der Waals surface area contributed by atoms with Crippen molar-refractivity contribution < 1.29 is 14.6 Å². The normalized spacial score (nSPS) is 12.0. The second kappa shape index (κ2) is 5.67. The van der Waals surface area contributed by atoms with E-state index in [0.717, 1.165) is 10.8 Å². The topological polar surface area (TPSA) is 49.4 Å². The first-order valence-corrected chi connectivity index (χ1v) is 6.65. The summed E-state index contributed by atoms with van der Waals surface area (Å²) in [5.41, 5.74) is 0.561. The molecule has 3 heteroatoms. The molecule has 3 aromatic rings. The lowest BCUT2D eigenvalue weighted by atomic mass is 10.1. The van der Waals surface area contributed by atoms with Gasteiger partial charge in [-0.1, -0.05) is 60.7 Å². The Bertz CT molecular complexity index is 766. The molecule has 0 heterocycles. The minimum atomic E-state index is -1.26. The summed E-state index contributed by atoms with van der Waals surface area (Å²) in [6, 6.07) is 22.1. The molecule has 3 aromatic carbocycles. The highest BCUT2D eigenvalue weighted by molar-refractivity contribution is 5.84. The average Bonchev–Trinajstić information content (AvgIpc) is 2.53. The van der Waals surface area contributed by atoms with E-state index in [1.807, 2.05) is 42.5 Å². The molecule has 0 bridgehead atoms. The Morgan fingerprint density at radius 3 is 2.24 bits per heavy atom. The van der Waals surface area contributed by atoms with Crippen molar-refractivity contribution in [3.05, 3.63) is 78.4 Å². The van der Waals surface area contributed by atoms with Crippen LogP contribution in [0, 0.1) is 0 Å². The fraction of sp³-hybridized carbons (Fsp3) is 0.0556. The summed E-state index contributed by atoms with van der Waals surface area (Å²) in [5, 5.41) is 13.4. The van der Waals surface area contributed by atoms with Crippen LogP contribution in [0.2, 0.25) is 0 Å². The SMILES string of the molecule is O=C([O-])[C@H](Oc1ccc2ccccc2c1)c1ccccc1. The van der Waals surface area contributed by atoms with Crippen LogP contribution >= 0.6 is 0 Å². The van der Waals surface area contributed by atoms with E-state index in [4.69, 9.17) is 4.74 Å². The van der Waals surface area contributed by atoms with Gasteiger partial charge in [0.25, 0.3) is 0 Å². The first-order valence-electron chi connectivity index (χ1n) is 6.65. The zero-order chi connectivity index (χ0) is 14.7. The number of fused-ring (bicyclic) bond motifs is 1. The van der Waals surface area contributed by atoms with Gasteiger partial charge in [0, 0.05) is 0 Å². The van der Waals surface area contributed by atoms with E-state index in [1.165, 1.54) is 0 Å². The van der Waals surface area contributed by atoms with E-state index in [-0.39, 0.29) is 0 Å². The summed E-state index contributed by atoms with van der Waals surface area (Å²) in [4.78, 5) is 11.3. The average molecular weight is 277 g/mol. The van der Waals surface area contributed by atoms with E-state index in [1.54, 1.807) is 30.3 Å². The van der Waals surface area contributed by atoms with Gasteiger partial charge in [-0.25, -0.2) is 0 Å². The van der Waals surface area contributed by atoms with Crippen LogP contribution in [-0.2, 0) is 4.79 Å². The lowest BCUT2D eigenvalue weighted by molar-refractivity contribution is -0.314. The number of rotatable bonds is 4. The molecular weight excluding hydrogens is 264 g/mol. The summed E-state index contributed by atoms with van der Waals surface area (Å²) in [7, 11) is 0. The van der Waals surface area contributed by atoms with Gasteiger partial charge >= 0.3 is 0 Å². The molecule has 104 valence electrons. The summed E-state index contributed by atoms with van der Waals surface area (Å²) < 4.78 is 5.61. The van der Waals surface area contributed by atoms with Crippen LogP contribution in [0.4, 0.5) is 0 Å². The maximum Gasteiger partial charge on any atom is 0.163 e. The summed E-state index contributed by atoms with van der Waals surface area (Å²) in [6.45, 7) is 0.